The van der Waals surface area contributed by atoms with E-state index < -0.39 is 0 Å². The Balaban J connectivity index is 2.29. The maximum absolute atomic E-state index is 11.3. The molecular formula is C11H17NO2. The number of hydrogen-bond donors (Lipinski definition) is 0. The molecule has 0 N–H and O–H groups in total. The average Bonchev–Trinajstić information content (AvgIpc) is 2.56. The maximum atomic E-state index is 11.3. The molecule has 0 aromatic carbocycles. The second-order valence-corrected chi connectivity index (χ2v) is 3.59. The van der Waals surface area contributed by atoms with E-state index in [9.17, 15) is 4.79 Å². The summed E-state index contributed by atoms with van der Waals surface area (Å²) in [5.41, 5.74) is 1.11. The summed E-state index contributed by atoms with van der Waals surface area (Å²) in [6.45, 7) is 3.32. The second-order valence-electron chi connectivity index (χ2n) is 3.59. The molecule has 3 heteroatoms. The Morgan fingerprint density at radius 3 is 2.93 bits per heavy atom. The lowest BCUT2D eigenvalue weighted by Crippen LogP contribution is -2.25. The van der Waals surface area contributed by atoms with E-state index in [0.29, 0.717) is 18.7 Å². The molecule has 0 spiro atoms. The predicted molar refractivity (Wildman–Crippen MR) is 55.0 cm³/mol. The van der Waals surface area contributed by atoms with E-state index in [1.165, 1.54) is 0 Å². The van der Waals surface area contributed by atoms with Crippen LogP contribution >= 0.6 is 0 Å². The SMILES string of the molecule is CCCC(=O)CN(C)Cc1ccoc1. The molecule has 0 saturated carbocycles. The molecule has 3 nitrogen and oxygen atoms in total. The minimum Gasteiger partial charge on any atom is -0.472 e. The van der Waals surface area contributed by atoms with Gasteiger partial charge in [0.15, 0.2) is 0 Å². The Kier molecular flexibility index (Phi) is 4.40. The van der Waals surface area contributed by atoms with Crippen molar-refractivity contribution in [3.05, 3.63) is 24.2 Å². The molecule has 0 fully saturated rings. The lowest BCUT2D eigenvalue weighted by atomic mass is 10.2. The highest BCUT2D eigenvalue weighted by Gasteiger charge is 2.06. The smallest absolute Gasteiger partial charge is 0.146 e. The number of rotatable bonds is 6. The van der Waals surface area contributed by atoms with Gasteiger partial charge in [0.05, 0.1) is 19.1 Å². The number of furan rings is 1. The van der Waals surface area contributed by atoms with E-state index in [1.807, 2.05) is 24.9 Å². The molecule has 0 aliphatic heterocycles. The van der Waals surface area contributed by atoms with Gasteiger partial charge in [0.2, 0.25) is 0 Å². The van der Waals surface area contributed by atoms with Crippen LogP contribution in [-0.2, 0) is 11.3 Å². The van der Waals surface area contributed by atoms with Crippen LogP contribution in [0.15, 0.2) is 23.0 Å². The number of carbonyl (C=O) groups is 1. The third-order valence-corrected chi connectivity index (χ3v) is 2.01. The number of likely N-dealkylation sites (N-methyl/N-ethyl adjacent to an activating group) is 1. The first-order valence-electron chi connectivity index (χ1n) is 4.93. The topological polar surface area (TPSA) is 33.5 Å². The van der Waals surface area contributed by atoms with Crippen LogP contribution in [0.3, 0.4) is 0 Å². The molecule has 0 saturated heterocycles. The summed E-state index contributed by atoms with van der Waals surface area (Å²) in [7, 11) is 1.94. The summed E-state index contributed by atoms with van der Waals surface area (Å²) in [6, 6.07) is 1.92. The van der Waals surface area contributed by atoms with Crippen molar-refractivity contribution in [2.75, 3.05) is 13.6 Å². The first-order chi connectivity index (χ1) is 6.72. The van der Waals surface area contributed by atoms with Crippen LogP contribution in [0.4, 0.5) is 0 Å². The van der Waals surface area contributed by atoms with Gasteiger partial charge in [-0.2, -0.15) is 0 Å². The predicted octanol–water partition coefficient (Wildman–Crippen LogP) is 2.08. The highest BCUT2D eigenvalue weighted by molar-refractivity contribution is 5.80. The van der Waals surface area contributed by atoms with Gasteiger partial charge in [-0.15, -0.1) is 0 Å². The van der Waals surface area contributed by atoms with Gasteiger partial charge in [0.25, 0.3) is 0 Å². The molecule has 14 heavy (non-hydrogen) atoms. The fraction of sp³-hybridized carbons (Fsp3) is 0.545. The molecule has 1 heterocycles. The minimum atomic E-state index is 0.304. The summed E-state index contributed by atoms with van der Waals surface area (Å²) in [5, 5.41) is 0. The van der Waals surface area contributed by atoms with Gasteiger partial charge in [-0.1, -0.05) is 6.92 Å². The minimum absolute atomic E-state index is 0.304. The lowest BCUT2D eigenvalue weighted by molar-refractivity contribution is -0.120. The van der Waals surface area contributed by atoms with Gasteiger partial charge in [0.1, 0.15) is 5.78 Å². The van der Waals surface area contributed by atoms with E-state index in [4.69, 9.17) is 4.42 Å². The Bertz CT molecular complexity index is 267. The third kappa shape index (κ3) is 3.75. The molecule has 0 unspecified atom stereocenters. The molecular weight excluding hydrogens is 178 g/mol. The van der Waals surface area contributed by atoms with Crippen LogP contribution in [-0.4, -0.2) is 24.3 Å². The zero-order valence-electron chi connectivity index (χ0n) is 8.82. The third-order valence-electron chi connectivity index (χ3n) is 2.01. The van der Waals surface area contributed by atoms with Crippen LogP contribution in [0.5, 0.6) is 0 Å². The molecule has 1 aromatic heterocycles. The Morgan fingerprint density at radius 1 is 1.57 bits per heavy atom. The Hall–Kier alpha value is -1.09. The average molecular weight is 195 g/mol. The number of ketones is 1. The molecule has 0 bridgehead atoms. The van der Waals surface area contributed by atoms with E-state index in [-0.39, 0.29) is 0 Å². The van der Waals surface area contributed by atoms with Crippen molar-refractivity contribution in [2.45, 2.75) is 26.3 Å². The zero-order chi connectivity index (χ0) is 10.4. The largest absolute Gasteiger partial charge is 0.472 e. The molecule has 0 aliphatic rings. The van der Waals surface area contributed by atoms with Crippen molar-refractivity contribution >= 4 is 5.78 Å². The van der Waals surface area contributed by atoms with Crippen LogP contribution < -0.4 is 0 Å². The highest BCUT2D eigenvalue weighted by atomic mass is 16.3. The van der Waals surface area contributed by atoms with Crippen molar-refractivity contribution in [3.63, 3.8) is 0 Å². The van der Waals surface area contributed by atoms with Gasteiger partial charge in [-0.3, -0.25) is 9.69 Å². The molecule has 0 aliphatic carbocycles. The second kappa shape index (κ2) is 5.60. The van der Waals surface area contributed by atoms with Gasteiger partial charge in [0, 0.05) is 18.5 Å². The maximum Gasteiger partial charge on any atom is 0.146 e. The number of nitrogens with zero attached hydrogens (tertiary/aromatic N) is 1. The van der Waals surface area contributed by atoms with Crippen molar-refractivity contribution in [3.8, 4) is 0 Å². The fourth-order valence-electron chi connectivity index (χ4n) is 1.41. The van der Waals surface area contributed by atoms with Crippen LogP contribution in [0, 0.1) is 0 Å². The van der Waals surface area contributed by atoms with E-state index in [2.05, 4.69) is 0 Å². The molecule has 78 valence electrons. The van der Waals surface area contributed by atoms with E-state index >= 15 is 0 Å². The van der Waals surface area contributed by atoms with Gasteiger partial charge >= 0.3 is 0 Å². The van der Waals surface area contributed by atoms with E-state index in [1.54, 1.807) is 12.5 Å². The van der Waals surface area contributed by atoms with Crippen molar-refractivity contribution in [1.82, 2.24) is 4.90 Å². The summed E-state index contributed by atoms with van der Waals surface area (Å²) < 4.78 is 4.96. The van der Waals surface area contributed by atoms with Crippen LogP contribution in [0.25, 0.3) is 0 Å². The first kappa shape index (κ1) is 11.0. The zero-order valence-corrected chi connectivity index (χ0v) is 8.82. The van der Waals surface area contributed by atoms with E-state index in [0.717, 1.165) is 18.5 Å². The van der Waals surface area contributed by atoms with Crippen molar-refractivity contribution in [1.29, 1.82) is 0 Å². The molecule has 0 radical (unpaired) electrons. The summed E-state index contributed by atoms with van der Waals surface area (Å²) in [6.07, 6.45) is 4.96. The molecule has 1 aromatic rings. The number of carbonyl (C=O) groups excluding carboxylic acids is 1. The van der Waals surface area contributed by atoms with Gasteiger partial charge in [-0.25, -0.2) is 0 Å². The molecule has 1 rings (SSSR count). The van der Waals surface area contributed by atoms with Crippen molar-refractivity contribution < 1.29 is 9.21 Å². The quantitative estimate of drug-likeness (QED) is 0.696. The van der Waals surface area contributed by atoms with Crippen LogP contribution in [0.2, 0.25) is 0 Å². The molecule has 0 amide bonds. The van der Waals surface area contributed by atoms with Gasteiger partial charge < -0.3 is 4.42 Å². The molecule has 0 atom stereocenters. The summed E-state index contributed by atoms with van der Waals surface area (Å²) in [5.74, 6) is 0.304. The fourth-order valence-corrected chi connectivity index (χ4v) is 1.41. The number of hydrogen-bond acceptors (Lipinski definition) is 3. The first-order valence-corrected chi connectivity index (χ1v) is 4.93. The number of Topliss-reactive ketones (excluding diaryl/α,β-unsaturated/α-hetero) is 1. The highest BCUT2D eigenvalue weighted by Crippen LogP contribution is 2.03. The Morgan fingerprint density at radius 2 is 2.36 bits per heavy atom. The monoisotopic (exact) mass is 195 g/mol. The van der Waals surface area contributed by atoms with Crippen LogP contribution in [0.1, 0.15) is 25.3 Å². The lowest BCUT2D eigenvalue weighted by Gasteiger charge is -2.13. The normalized spacial score (nSPS) is 10.8. The Labute approximate surface area is 84.7 Å². The summed E-state index contributed by atoms with van der Waals surface area (Å²) in [4.78, 5) is 13.3. The standard InChI is InChI=1S/C11H17NO2/c1-3-4-11(13)8-12(2)7-10-5-6-14-9-10/h5-6,9H,3-4,7-8H2,1-2H3. The summed E-state index contributed by atoms with van der Waals surface area (Å²) >= 11 is 0. The van der Waals surface area contributed by atoms with Gasteiger partial charge in [-0.05, 0) is 19.5 Å². The van der Waals surface area contributed by atoms with Crippen molar-refractivity contribution in [2.24, 2.45) is 0 Å².